The van der Waals surface area contributed by atoms with Crippen molar-refractivity contribution in [3.05, 3.63) is 30.5 Å². The molecule has 0 bridgehead atoms. The molecule has 10 nitrogen and oxygen atoms in total. The maximum Gasteiger partial charge on any atom is 0.318 e. The van der Waals surface area contributed by atoms with Crippen molar-refractivity contribution in [1.29, 1.82) is 0 Å². The standard InChI is InChI=1S/C24H31BrN8O2/c1-26-24(34)28-18-4-2-17(3-5-18)21-29-22(32-12-14-35-15-13-32)20-16-27-33(23(20)30-21)19-6-9-31(10-7-19)11-8-25/h2-5,16,19H,6-15H2,1H3,(H2,26,28,34). The number of ether oxygens (including phenoxy) is 1. The van der Waals surface area contributed by atoms with Crippen molar-refractivity contribution in [2.45, 2.75) is 18.9 Å². The normalized spacial score (nSPS) is 17.6. The minimum Gasteiger partial charge on any atom is -0.378 e. The number of halogens is 1. The monoisotopic (exact) mass is 542 g/mol. The van der Waals surface area contributed by atoms with Gasteiger partial charge in [-0.1, -0.05) is 15.9 Å². The molecule has 2 aliphatic heterocycles. The van der Waals surface area contributed by atoms with Gasteiger partial charge in [0, 0.05) is 56.4 Å². The topological polar surface area (TPSA) is 100 Å². The molecule has 3 aromatic rings. The molecule has 0 radical (unpaired) electrons. The lowest BCUT2D eigenvalue weighted by Gasteiger charge is -2.32. The van der Waals surface area contributed by atoms with Crippen molar-refractivity contribution in [2.24, 2.45) is 0 Å². The Morgan fingerprint density at radius 2 is 1.86 bits per heavy atom. The number of hydrogen-bond donors (Lipinski definition) is 2. The van der Waals surface area contributed by atoms with Gasteiger partial charge in [0.2, 0.25) is 0 Å². The van der Waals surface area contributed by atoms with E-state index < -0.39 is 0 Å². The highest BCUT2D eigenvalue weighted by Gasteiger charge is 2.26. The van der Waals surface area contributed by atoms with Gasteiger partial charge in [-0.2, -0.15) is 5.10 Å². The lowest BCUT2D eigenvalue weighted by Crippen LogP contribution is -2.37. The Bertz CT molecular complexity index is 1150. The van der Waals surface area contributed by atoms with Crippen LogP contribution in [0.4, 0.5) is 16.3 Å². The summed E-state index contributed by atoms with van der Waals surface area (Å²) in [6, 6.07) is 7.67. The fourth-order valence-corrected chi connectivity index (χ4v) is 5.23. The van der Waals surface area contributed by atoms with Crippen LogP contribution in [0.1, 0.15) is 18.9 Å². The summed E-state index contributed by atoms with van der Waals surface area (Å²) in [5.41, 5.74) is 2.48. The fourth-order valence-electron chi connectivity index (χ4n) is 4.73. The van der Waals surface area contributed by atoms with Crippen LogP contribution in [0.15, 0.2) is 30.5 Å². The van der Waals surface area contributed by atoms with Crippen LogP contribution in [0, 0.1) is 0 Å². The number of nitrogens with one attached hydrogen (secondary N) is 2. The number of aromatic nitrogens is 4. The van der Waals surface area contributed by atoms with E-state index in [1.807, 2.05) is 30.5 Å². The number of rotatable bonds is 6. The molecule has 0 spiro atoms. The molecule has 4 heterocycles. The SMILES string of the molecule is CNC(=O)Nc1ccc(-c2nc(N3CCOCC3)c3cnn(C4CCN(CCBr)CC4)c3n2)cc1. The molecule has 2 N–H and O–H groups in total. The van der Waals surface area contributed by atoms with Crippen LogP contribution in [0.2, 0.25) is 0 Å². The third-order valence-electron chi connectivity index (χ3n) is 6.68. The Kier molecular flexibility index (Phi) is 7.45. The quantitative estimate of drug-likeness (QED) is 0.461. The van der Waals surface area contributed by atoms with Gasteiger partial charge in [0.05, 0.1) is 30.8 Å². The maximum atomic E-state index is 11.6. The molecule has 0 unspecified atom stereocenters. The zero-order valence-electron chi connectivity index (χ0n) is 19.9. The number of alkyl halides is 1. The summed E-state index contributed by atoms with van der Waals surface area (Å²) < 4.78 is 7.69. The summed E-state index contributed by atoms with van der Waals surface area (Å²) >= 11 is 3.55. The van der Waals surface area contributed by atoms with Crippen molar-refractivity contribution in [3.63, 3.8) is 0 Å². The van der Waals surface area contributed by atoms with Gasteiger partial charge in [-0.3, -0.25) is 0 Å². The summed E-state index contributed by atoms with van der Waals surface area (Å²) in [5, 5.41) is 12.1. The second-order valence-electron chi connectivity index (χ2n) is 8.84. The van der Waals surface area contributed by atoms with Crippen molar-refractivity contribution in [3.8, 4) is 11.4 Å². The predicted octanol–water partition coefficient (Wildman–Crippen LogP) is 3.11. The van der Waals surface area contributed by atoms with Crippen molar-refractivity contribution in [2.75, 3.05) is 68.5 Å². The first-order valence-corrected chi connectivity index (χ1v) is 13.2. The van der Waals surface area contributed by atoms with Gasteiger partial charge in [-0.05, 0) is 37.1 Å². The van der Waals surface area contributed by atoms with Crippen LogP contribution >= 0.6 is 15.9 Å². The molecule has 5 rings (SSSR count). The number of piperidine rings is 1. The van der Waals surface area contributed by atoms with Crippen LogP contribution in [0.5, 0.6) is 0 Å². The lowest BCUT2D eigenvalue weighted by molar-refractivity contribution is 0.122. The van der Waals surface area contributed by atoms with E-state index in [9.17, 15) is 4.79 Å². The van der Waals surface area contributed by atoms with E-state index in [-0.39, 0.29) is 6.03 Å². The molecule has 1 aromatic carbocycles. The number of amides is 2. The highest BCUT2D eigenvalue weighted by atomic mass is 79.9. The number of likely N-dealkylation sites (tertiary alicyclic amines) is 1. The Morgan fingerprint density at radius 3 is 2.54 bits per heavy atom. The summed E-state index contributed by atoms with van der Waals surface area (Å²) in [6.45, 7) is 6.14. The zero-order chi connectivity index (χ0) is 24.2. The van der Waals surface area contributed by atoms with E-state index >= 15 is 0 Å². The van der Waals surface area contributed by atoms with Gasteiger partial charge in [0.25, 0.3) is 0 Å². The van der Waals surface area contributed by atoms with E-state index in [1.54, 1.807) is 7.05 Å². The molecule has 186 valence electrons. The van der Waals surface area contributed by atoms with E-state index in [0.29, 0.717) is 30.8 Å². The Labute approximate surface area is 213 Å². The number of fused-ring (bicyclic) bond motifs is 1. The first-order valence-electron chi connectivity index (χ1n) is 12.1. The minimum absolute atomic E-state index is 0.254. The van der Waals surface area contributed by atoms with Crippen LogP contribution < -0.4 is 15.5 Å². The van der Waals surface area contributed by atoms with Crippen molar-refractivity contribution < 1.29 is 9.53 Å². The molecule has 2 aliphatic rings. The van der Waals surface area contributed by atoms with E-state index in [1.165, 1.54) is 0 Å². The Morgan fingerprint density at radius 1 is 1.11 bits per heavy atom. The first-order chi connectivity index (χ1) is 17.2. The Hall–Kier alpha value is -2.76. The largest absolute Gasteiger partial charge is 0.378 e. The highest BCUT2D eigenvalue weighted by Crippen LogP contribution is 2.32. The first kappa shape index (κ1) is 24.0. The molecule has 0 aliphatic carbocycles. The number of anilines is 2. The third kappa shape index (κ3) is 5.26. The summed E-state index contributed by atoms with van der Waals surface area (Å²) in [4.78, 5) is 26.4. The Balaban J connectivity index is 1.50. The van der Waals surface area contributed by atoms with Gasteiger partial charge >= 0.3 is 6.03 Å². The molecule has 35 heavy (non-hydrogen) atoms. The molecular formula is C24H31BrN8O2. The molecule has 2 aromatic heterocycles. The van der Waals surface area contributed by atoms with E-state index in [0.717, 1.165) is 73.3 Å². The van der Waals surface area contributed by atoms with Crippen LogP contribution in [-0.2, 0) is 4.74 Å². The molecule has 0 saturated carbocycles. The number of hydrogen-bond acceptors (Lipinski definition) is 7. The molecule has 2 amide bonds. The highest BCUT2D eigenvalue weighted by molar-refractivity contribution is 9.09. The van der Waals surface area contributed by atoms with Crippen LogP contribution in [0.3, 0.4) is 0 Å². The molecule has 11 heteroatoms. The van der Waals surface area contributed by atoms with Gasteiger partial charge in [-0.25, -0.2) is 19.4 Å². The van der Waals surface area contributed by atoms with Crippen molar-refractivity contribution in [1.82, 2.24) is 30.0 Å². The number of urea groups is 1. The average molecular weight is 543 g/mol. The van der Waals surface area contributed by atoms with E-state index in [2.05, 4.69) is 41.0 Å². The molecular weight excluding hydrogens is 512 g/mol. The second-order valence-corrected chi connectivity index (χ2v) is 9.63. The number of carbonyl (C=O) groups is 1. The van der Waals surface area contributed by atoms with Gasteiger partial charge in [0.1, 0.15) is 5.82 Å². The van der Waals surface area contributed by atoms with Crippen LogP contribution in [0.25, 0.3) is 22.4 Å². The van der Waals surface area contributed by atoms with Crippen molar-refractivity contribution >= 4 is 44.5 Å². The molecule has 2 fully saturated rings. The fraction of sp³-hybridized carbons (Fsp3) is 0.500. The molecule has 2 saturated heterocycles. The number of benzene rings is 1. The minimum atomic E-state index is -0.254. The van der Waals surface area contributed by atoms with Gasteiger partial charge < -0.3 is 25.2 Å². The zero-order valence-corrected chi connectivity index (χ0v) is 21.5. The predicted molar refractivity (Wildman–Crippen MR) is 140 cm³/mol. The summed E-state index contributed by atoms with van der Waals surface area (Å²) in [6.07, 6.45) is 4.02. The number of morpholine rings is 1. The van der Waals surface area contributed by atoms with Crippen LogP contribution in [-0.4, -0.2) is 89.0 Å². The average Bonchev–Trinajstić information content (AvgIpc) is 3.34. The van der Waals surface area contributed by atoms with Gasteiger partial charge in [0.15, 0.2) is 11.5 Å². The second kappa shape index (κ2) is 10.9. The number of carbonyl (C=O) groups excluding carboxylic acids is 1. The third-order valence-corrected chi connectivity index (χ3v) is 7.03. The van der Waals surface area contributed by atoms with Gasteiger partial charge in [-0.15, -0.1) is 0 Å². The number of nitrogens with zero attached hydrogens (tertiary/aromatic N) is 6. The maximum absolute atomic E-state index is 11.6. The lowest BCUT2D eigenvalue weighted by atomic mass is 10.1. The smallest absolute Gasteiger partial charge is 0.318 e. The summed E-state index contributed by atoms with van der Waals surface area (Å²) in [5.74, 6) is 1.56. The summed E-state index contributed by atoms with van der Waals surface area (Å²) in [7, 11) is 1.59. The molecule has 0 atom stereocenters. The van der Waals surface area contributed by atoms with E-state index in [4.69, 9.17) is 19.8 Å².